The summed E-state index contributed by atoms with van der Waals surface area (Å²) >= 11 is 2.99. The van der Waals surface area contributed by atoms with Crippen molar-refractivity contribution in [3.8, 4) is 0 Å². The van der Waals surface area contributed by atoms with Crippen LogP contribution in [0.2, 0.25) is 0 Å². The number of H-pyrrole nitrogens is 1. The Morgan fingerprint density at radius 2 is 2.00 bits per heavy atom. The van der Waals surface area contributed by atoms with Crippen molar-refractivity contribution in [1.29, 1.82) is 0 Å². The van der Waals surface area contributed by atoms with Crippen LogP contribution in [0.25, 0.3) is 20.4 Å². The summed E-state index contributed by atoms with van der Waals surface area (Å²) in [5.41, 5.74) is 1.54. The summed E-state index contributed by atoms with van der Waals surface area (Å²) in [7, 11) is 0. The van der Waals surface area contributed by atoms with Gasteiger partial charge < -0.3 is 14.8 Å². The third kappa shape index (κ3) is 3.20. The van der Waals surface area contributed by atoms with Gasteiger partial charge in [-0.25, -0.2) is 9.97 Å². The highest BCUT2D eigenvalue weighted by atomic mass is 32.1. The fraction of sp³-hybridized carbons (Fsp3) is 0.300. The molecule has 1 amide bonds. The number of rotatable bonds is 2. The lowest BCUT2D eigenvalue weighted by Crippen LogP contribution is -2.35. The number of para-hydroxylation sites is 1. The number of anilines is 1. The van der Waals surface area contributed by atoms with Crippen LogP contribution >= 0.6 is 22.7 Å². The molecule has 9 heteroatoms. The molecule has 7 nitrogen and oxygen atoms in total. The van der Waals surface area contributed by atoms with Gasteiger partial charge in [-0.05, 0) is 31.0 Å². The van der Waals surface area contributed by atoms with Crippen molar-refractivity contribution in [2.45, 2.75) is 13.3 Å². The number of amides is 1. The first-order chi connectivity index (χ1) is 14.1. The van der Waals surface area contributed by atoms with Crippen LogP contribution in [0.15, 0.2) is 35.4 Å². The second-order valence-electron chi connectivity index (χ2n) is 7.06. The molecule has 0 radical (unpaired) electrons. The SMILES string of the molecule is Cc1c(C(=O)N2CCCN(c3nc4ccccc4s3)CC2)sc2nc[nH]c(=O)c12. The molecule has 0 atom stereocenters. The fourth-order valence-corrected chi connectivity index (χ4v) is 5.87. The molecule has 1 aromatic carbocycles. The van der Waals surface area contributed by atoms with Crippen LogP contribution in [0.4, 0.5) is 5.13 Å². The maximum absolute atomic E-state index is 13.2. The summed E-state index contributed by atoms with van der Waals surface area (Å²) < 4.78 is 1.18. The van der Waals surface area contributed by atoms with E-state index in [1.165, 1.54) is 22.4 Å². The van der Waals surface area contributed by atoms with Crippen molar-refractivity contribution < 1.29 is 4.79 Å². The molecule has 29 heavy (non-hydrogen) atoms. The second kappa shape index (κ2) is 7.23. The van der Waals surface area contributed by atoms with Crippen LogP contribution < -0.4 is 10.5 Å². The molecule has 4 aromatic rings. The number of hydrogen-bond donors (Lipinski definition) is 1. The van der Waals surface area contributed by atoms with E-state index in [9.17, 15) is 9.59 Å². The van der Waals surface area contributed by atoms with Crippen LogP contribution in [0, 0.1) is 6.92 Å². The maximum atomic E-state index is 13.2. The number of carbonyl (C=O) groups is 1. The van der Waals surface area contributed by atoms with Crippen molar-refractivity contribution in [3.63, 3.8) is 0 Å². The first-order valence-corrected chi connectivity index (χ1v) is 11.1. The number of aryl methyl sites for hydroxylation is 1. The molecule has 0 spiro atoms. The molecule has 148 valence electrons. The van der Waals surface area contributed by atoms with E-state index in [0.717, 1.165) is 35.7 Å². The fourth-order valence-electron chi connectivity index (χ4n) is 3.73. The number of nitrogens with zero attached hydrogens (tertiary/aromatic N) is 4. The quantitative estimate of drug-likeness (QED) is 0.533. The third-order valence-electron chi connectivity index (χ3n) is 5.26. The zero-order valence-electron chi connectivity index (χ0n) is 15.8. The lowest BCUT2D eigenvalue weighted by molar-refractivity contribution is 0.0771. The van der Waals surface area contributed by atoms with Gasteiger partial charge in [-0.3, -0.25) is 9.59 Å². The van der Waals surface area contributed by atoms with Gasteiger partial charge in [-0.1, -0.05) is 23.5 Å². The van der Waals surface area contributed by atoms with Gasteiger partial charge in [0.15, 0.2) is 5.13 Å². The average molecular weight is 426 g/mol. The van der Waals surface area contributed by atoms with Crippen molar-refractivity contribution in [2.24, 2.45) is 0 Å². The smallest absolute Gasteiger partial charge is 0.264 e. The summed E-state index contributed by atoms with van der Waals surface area (Å²) in [4.78, 5) is 42.3. The highest BCUT2D eigenvalue weighted by Crippen LogP contribution is 2.30. The Balaban J connectivity index is 1.38. The molecular formula is C20H19N5O2S2. The van der Waals surface area contributed by atoms with Gasteiger partial charge in [0.1, 0.15) is 4.83 Å². The van der Waals surface area contributed by atoms with E-state index >= 15 is 0 Å². The van der Waals surface area contributed by atoms with Crippen molar-refractivity contribution in [2.75, 3.05) is 31.1 Å². The van der Waals surface area contributed by atoms with Crippen LogP contribution in [0.5, 0.6) is 0 Å². The lowest BCUT2D eigenvalue weighted by atomic mass is 10.2. The zero-order chi connectivity index (χ0) is 20.0. The number of nitrogens with one attached hydrogen (secondary N) is 1. The minimum Gasteiger partial charge on any atom is -0.346 e. The number of aromatic amines is 1. The van der Waals surface area contributed by atoms with E-state index in [1.54, 1.807) is 11.3 Å². The summed E-state index contributed by atoms with van der Waals surface area (Å²) in [5, 5.41) is 1.53. The van der Waals surface area contributed by atoms with Gasteiger partial charge in [0.05, 0.1) is 26.8 Å². The molecule has 4 heterocycles. The number of benzene rings is 1. The van der Waals surface area contributed by atoms with Gasteiger partial charge in [0, 0.05) is 26.2 Å². The van der Waals surface area contributed by atoms with Crippen molar-refractivity contribution in [1.82, 2.24) is 19.9 Å². The standard InChI is InChI=1S/C20H19N5O2S2/c1-12-15-17(26)21-11-22-18(15)29-16(12)19(27)24-7-4-8-25(10-9-24)20-23-13-5-2-3-6-14(13)28-20/h2-3,5-6,11H,4,7-10H2,1H3,(H,21,22,26). The average Bonchev–Trinajstić information content (AvgIpc) is 3.20. The topological polar surface area (TPSA) is 82.2 Å². The highest BCUT2D eigenvalue weighted by Gasteiger charge is 2.26. The van der Waals surface area contributed by atoms with Crippen molar-refractivity contribution in [3.05, 3.63) is 51.4 Å². The largest absolute Gasteiger partial charge is 0.346 e. The molecular weight excluding hydrogens is 406 g/mol. The van der Waals surface area contributed by atoms with Crippen LogP contribution in [0.3, 0.4) is 0 Å². The first kappa shape index (κ1) is 18.3. The van der Waals surface area contributed by atoms with Gasteiger partial charge in [0.2, 0.25) is 0 Å². The molecule has 5 rings (SSSR count). The predicted molar refractivity (Wildman–Crippen MR) is 117 cm³/mol. The first-order valence-electron chi connectivity index (χ1n) is 9.48. The Morgan fingerprint density at radius 3 is 2.83 bits per heavy atom. The Labute approximate surface area is 174 Å². The molecule has 1 aliphatic rings. The van der Waals surface area contributed by atoms with Crippen LogP contribution in [0.1, 0.15) is 21.7 Å². The number of fused-ring (bicyclic) bond motifs is 2. The minimum atomic E-state index is -0.194. The number of thiazole rings is 1. The number of hydrogen-bond acceptors (Lipinski definition) is 7. The molecule has 0 saturated carbocycles. The van der Waals surface area contributed by atoms with Crippen LogP contribution in [-0.2, 0) is 0 Å². The molecule has 3 aromatic heterocycles. The van der Waals surface area contributed by atoms with Gasteiger partial charge in [-0.15, -0.1) is 11.3 Å². The molecule has 1 N–H and O–H groups in total. The highest BCUT2D eigenvalue weighted by molar-refractivity contribution is 7.22. The molecule has 0 unspecified atom stereocenters. The van der Waals surface area contributed by atoms with Gasteiger partial charge >= 0.3 is 0 Å². The van der Waals surface area contributed by atoms with E-state index in [-0.39, 0.29) is 11.5 Å². The van der Waals surface area contributed by atoms with Crippen molar-refractivity contribution >= 4 is 54.1 Å². The van der Waals surface area contributed by atoms with E-state index in [4.69, 9.17) is 4.98 Å². The zero-order valence-corrected chi connectivity index (χ0v) is 17.5. The maximum Gasteiger partial charge on any atom is 0.264 e. The molecule has 0 aliphatic carbocycles. The summed E-state index contributed by atoms with van der Waals surface area (Å²) in [6.45, 7) is 4.77. The Hall–Kier alpha value is -2.78. The Bertz CT molecular complexity index is 1240. The monoisotopic (exact) mass is 425 g/mol. The Kier molecular flexibility index (Phi) is 4.56. The van der Waals surface area contributed by atoms with E-state index in [0.29, 0.717) is 28.2 Å². The molecule has 1 saturated heterocycles. The van der Waals surface area contributed by atoms with E-state index in [2.05, 4.69) is 20.9 Å². The predicted octanol–water partition coefficient (Wildman–Crippen LogP) is 3.26. The van der Waals surface area contributed by atoms with Gasteiger partial charge in [0.25, 0.3) is 11.5 Å². The third-order valence-corrected chi connectivity index (χ3v) is 7.55. The number of aromatic nitrogens is 3. The molecule has 1 aliphatic heterocycles. The lowest BCUT2D eigenvalue weighted by Gasteiger charge is -2.21. The summed E-state index contributed by atoms with van der Waals surface area (Å²) in [6, 6.07) is 8.15. The molecule has 1 fully saturated rings. The second-order valence-corrected chi connectivity index (χ2v) is 9.07. The Morgan fingerprint density at radius 1 is 1.14 bits per heavy atom. The normalized spacial score (nSPS) is 15.2. The van der Waals surface area contributed by atoms with Crippen LogP contribution in [-0.4, -0.2) is 51.9 Å². The summed E-state index contributed by atoms with van der Waals surface area (Å²) in [6.07, 6.45) is 2.26. The van der Waals surface area contributed by atoms with E-state index in [1.807, 2.05) is 30.0 Å². The van der Waals surface area contributed by atoms with E-state index < -0.39 is 0 Å². The molecule has 0 bridgehead atoms. The van der Waals surface area contributed by atoms with Gasteiger partial charge in [-0.2, -0.15) is 0 Å². The summed E-state index contributed by atoms with van der Waals surface area (Å²) in [5.74, 6) is -0.0175. The number of carbonyl (C=O) groups excluding carboxylic acids is 1. The minimum absolute atomic E-state index is 0.0175. The number of thiophene rings is 1.